The standard InChI is InChI=1S/C27H30N4O3S2/c1-33-18-15-17(16-19(34-2)26(18)32)27-28-24(20-7-9-22(35-20)30-11-3-4-12-30)25(29-27)21-8-10-23(36-21)31-13-5-6-14-31/h7-10,15-16,32H,3-6,11-14H2,1-2H3,(H,28,29). The Morgan fingerprint density at radius 1 is 0.806 bits per heavy atom. The molecule has 0 unspecified atom stereocenters. The maximum Gasteiger partial charge on any atom is 0.200 e. The van der Waals surface area contributed by atoms with E-state index in [0.29, 0.717) is 17.3 Å². The van der Waals surface area contributed by atoms with Crippen molar-refractivity contribution in [2.75, 3.05) is 50.2 Å². The van der Waals surface area contributed by atoms with E-state index in [9.17, 15) is 5.11 Å². The fourth-order valence-corrected chi connectivity index (χ4v) is 7.14. The smallest absolute Gasteiger partial charge is 0.200 e. The van der Waals surface area contributed by atoms with Crippen molar-refractivity contribution in [3.63, 3.8) is 0 Å². The van der Waals surface area contributed by atoms with Crippen molar-refractivity contribution in [2.24, 2.45) is 0 Å². The van der Waals surface area contributed by atoms with Gasteiger partial charge in [-0.1, -0.05) is 0 Å². The molecule has 2 saturated heterocycles. The number of anilines is 2. The number of hydrogen-bond acceptors (Lipinski definition) is 8. The van der Waals surface area contributed by atoms with Crippen LogP contribution in [0.5, 0.6) is 17.2 Å². The summed E-state index contributed by atoms with van der Waals surface area (Å²) in [5.74, 6) is 1.40. The highest BCUT2D eigenvalue weighted by molar-refractivity contribution is 7.20. The Labute approximate surface area is 218 Å². The molecule has 1 aromatic carbocycles. The molecule has 0 saturated carbocycles. The first kappa shape index (κ1) is 23.2. The molecule has 0 atom stereocenters. The molecule has 4 aromatic rings. The summed E-state index contributed by atoms with van der Waals surface area (Å²) >= 11 is 3.61. The lowest BCUT2D eigenvalue weighted by Crippen LogP contribution is -2.15. The highest BCUT2D eigenvalue weighted by Gasteiger charge is 2.23. The van der Waals surface area contributed by atoms with Crippen LogP contribution in [0.15, 0.2) is 36.4 Å². The van der Waals surface area contributed by atoms with Gasteiger partial charge in [-0.25, -0.2) is 4.98 Å². The van der Waals surface area contributed by atoms with Crippen molar-refractivity contribution in [3.8, 4) is 49.8 Å². The van der Waals surface area contributed by atoms with Crippen molar-refractivity contribution in [1.82, 2.24) is 9.97 Å². The van der Waals surface area contributed by atoms with Crippen LogP contribution in [0.2, 0.25) is 0 Å². The molecule has 9 heteroatoms. The van der Waals surface area contributed by atoms with Crippen LogP contribution in [-0.4, -0.2) is 55.5 Å². The number of H-pyrrole nitrogens is 1. The number of rotatable bonds is 7. The minimum atomic E-state index is -0.0159. The molecule has 0 radical (unpaired) electrons. The van der Waals surface area contributed by atoms with Crippen molar-refractivity contribution < 1.29 is 14.6 Å². The summed E-state index contributed by atoms with van der Waals surface area (Å²) < 4.78 is 10.8. The Morgan fingerprint density at radius 3 is 1.89 bits per heavy atom. The Balaban J connectivity index is 1.45. The van der Waals surface area contributed by atoms with E-state index in [1.165, 1.54) is 54.8 Å². The highest BCUT2D eigenvalue weighted by atomic mass is 32.1. The first-order valence-corrected chi connectivity index (χ1v) is 14.0. The van der Waals surface area contributed by atoms with Gasteiger partial charge in [-0.15, -0.1) is 22.7 Å². The molecule has 7 nitrogen and oxygen atoms in total. The van der Waals surface area contributed by atoms with Crippen LogP contribution in [0.25, 0.3) is 32.5 Å². The predicted molar refractivity (Wildman–Crippen MR) is 148 cm³/mol. The van der Waals surface area contributed by atoms with Gasteiger partial charge in [-0.05, 0) is 62.1 Å². The summed E-state index contributed by atoms with van der Waals surface area (Å²) in [7, 11) is 3.07. The maximum absolute atomic E-state index is 10.4. The number of thiophene rings is 2. The third-order valence-electron chi connectivity index (χ3n) is 6.96. The first-order valence-electron chi connectivity index (χ1n) is 12.4. The molecule has 36 heavy (non-hydrogen) atoms. The molecule has 6 rings (SSSR count). The number of aromatic hydroxyl groups is 1. The van der Waals surface area contributed by atoms with Crippen LogP contribution < -0.4 is 19.3 Å². The summed E-state index contributed by atoms with van der Waals surface area (Å²) in [5, 5.41) is 13.0. The maximum atomic E-state index is 10.4. The quantitative estimate of drug-likeness (QED) is 0.290. The third kappa shape index (κ3) is 4.20. The first-order chi connectivity index (χ1) is 17.6. The van der Waals surface area contributed by atoms with Crippen molar-refractivity contribution in [1.29, 1.82) is 0 Å². The van der Waals surface area contributed by atoms with Gasteiger partial charge < -0.3 is 29.4 Å². The zero-order valence-corrected chi connectivity index (χ0v) is 22.2. The molecule has 0 aliphatic carbocycles. The Bertz CT molecular complexity index is 1270. The van der Waals surface area contributed by atoms with Crippen LogP contribution in [-0.2, 0) is 0 Å². The van der Waals surface area contributed by atoms with E-state index in [-0.39, 0.29) is 5.75 Å². The molecule has 5 heterocycles. The van der Waals surface area contributed by atoms with Crippen LogP contribution in [0.4, 0.5) is 10.0 Å². The van der Waals surface area contributed by atoms with Crippen LogP contribution in [0, 0.1) is 0 Å². The molecule has 2 aliphatic rings. The molecular formula is C27H30N4O3S2. The second-order valence-corrected chi connectivity index (χ2v) is 11.3. The minimum absolute atomic E-state index is 0.0159. The van der Waals surface area contributed by atoms with E-state index in [2.05, 4.69) is 39.0 Å². The van der Waals surface area contributed by atoms with Gasteiger partial charge in [0.15, 0.2) is 11.5 Å². The summed E-state index contributed by atoms with van der Waals surface area (Å²) in [6, 6.07) is 12.4. The number of aromatic amines is 1. The average molecular weight is 523 g/mol. The fraction of sp³-hybridized carbons (Fsp3) is 0.370. The van der Waals surface area contributed by atoms with Crippen LogP contribution in [0.1, 0.15) is 25.7 Å². The summed E-state index contributed by atoms with van der Waals surface area (Å²) in [5.41, 5.74) is 2.75. The molecule has 3 aromatic heterocycles. The van der Waals surface area contributed by atoms with Crippen LogP contribution in [0.3, 0.4) is 0 Å². The van der Waals surface area contributed by atoms with Gasteiger partial charge in [0.05, 0.1) is 39.7 Å². The average Bonchev–Trinajstić information content (AvgIpc) is 3.72. The zero-order valence-electron chi connectivity index (χ0n) is 20.5. The molecule has 0 bridgehead atoms. The SMILES string of the molecule is COc1cc(-c2nc(-c3ccc(N4CCCC4)s3)c(-c3ccc(N4CCCC4)s3)[nH]2)cc(OC)c1O. The zero-order chi connectivity index (χ0) is 24.6. The lowest BCUT2D eigenvalue weighted by atomic mass is 10.1. The number of phenols is 1. The van der Waals surface area contributed by atoms with E-state index in [1.54, 1.807) is 23.5 Å². The summed E-state index contributed by atoms with van der Waals surface area (Å²) in [6.45, 7) is 4.49. The number of hydrogen-bond donors (Lipinski definition) is 2. The molecule has 0 amide bonds. The molecule has 2 aliphatic heterocycles. The fourth-order valence-electron chi connectivity index (χ4n) is 5.03. The van der Waals surface area contributed by atoms with Gasteiger partial charge in [0.2, 0.25) is 5.75 Å². The van der Waals surface area contributed by atoms with Gasteiger partial charge in [-0.2, -0.15) is 0 Å². The molecule has 2 N–H and O–H groups in total. The minimum Gasteiger partial charge on any atom is -0.502 e. The molecule has 0 spiro atoms. The molecule has 2 fully saturated rings. The van der Waals surface area contributed by atoms with Gasteiger partial charge in [0.1, 0.15) is 11.5 Å². The highest BCUT2D eigenvalue weighted by Crippen LogP contribution is 2.45. The lowest BCUT2D eigenvalue weighted by molar-refractivity contribution is 0.340. The van der Waals surface area contributed by atoms with Crippen molar-refractivity contribution in [3.05, 3.63) is 36.4 Å². The van der Waals surface area contributed by atoms with Gasteiger partial charge >= 0.3 is 0 Å². The third-order valence-corrected chi connectivity index (χ3v) is 9.27. The monoisotopic (exact) mass is 522 g/mol. The van der Waals surface area contributed by atoms with E-state index in [0.717, 1.165) is 48.0 Å². The predicted octanol–water partition coefficient (Wildman–Crippen LogP) is 6.46. The number of methoxy groups -OCH3 is 2. The Hall–Kier alpha value is -3.17. The number of ether oxygens (including phenoxy) is 2. The second-order valence-electron chi connectivity index (χ2n) is 9.20. The topological polar surface area (TPSA) is 73.9 Å². The number of nitrogens with one attached hydrogen (secondary N) is 1. The number of aromatic nitrogens is 2. The normalized spacial score (nSPS) is 15.7. The Kier molecular flexibility index (Phi) is 6.27. The largest absolute Gasteiger partial charge is 0.502 e. The van der Waals surface area contributed by atoms with Gasteiger partial charge in [-0.3, -0.25) is 0 Å². The van der Waals surface area contributed by atoms with Crippen molar-refractivity contribution >= 4 is 32.7 Å². The van der Waals surface area contributed by atoms with Gasteiger partial charge in [0, 0.05) is 31.7 Å². The van der Waals surface area contributed by atoms with E-state index in [4.69, 9.17) is 14.5 Å². The van der Waals surface area contributed by atoms with E-state index < -0.39 is 0 Å². The number of phenolic OH excluding ortho intramolecular Hbond substituents is 1. The number of nitrogens with zero attached hydrogens (tertiary/aromatic N) is 3. The molecular weight excluding hydrogens is 492 g/mol. The van der Waals surface area contributed by atoms with Crippen LogP contribution >= 0.6 is 22.7 Å². The second kappa shape index (κ2) is 9.71. The summed E-state index contributed by atoms with van der Waals surface area (Å²) in [4.78, 5) is 15.9. The molecule has 188 valence electrons. The number of imidazole rings is 1. The van der Waals surface area contributed by atoms with E-state index in [1.807, 2.05) is 11.3 Å². The van der Waals surface area contributed by atoms with E-state index >= 15 is 0 Å². The van der Waals surface area contributed by atoms with Crippen molar-refractivity contribution in [2.45, 2.75) is 25.7 Å². The Morgan fingerprint density at radius 2 is 1.33 bits per heavy atom. The van der Waals surface area contributed by atoms with Gasteiger partial charge in [0.25, 0.3) is 0 Å². The number of benzene rings is 1. The lowest BCUT2D eigenvalue weighted by Gasteiger charge is -2.14. The summed E-state index contributed by atoms with van der Waals surface area (Å²) in [6.07, 6.45) is 5.02.